The Bertz CT molecular complexity index is 1190. The molecular formula is C36H68Na2O16S2. The Balaban J connectivity index is -0.000000248. The molecule has 322 valence electrons. The predicted molar refractivity (Wildman–Crippen MR) is 202 cm³/mol. The van der Waals surface area contributed by atoms with E-state index in [0.717, 1.165) is 38.9 Å². The number of carbonyl (C=O) groups excluding carboxylic acids is 1. The van der Waals surface area contributed by atoms with Crippen LogP contribution in [-0.2, 0) is 48.9 Å². The SMILES string of the molecule is CCCCCCCCCCOCCCC(CC(=O)O)(C(=O)O)S(=O)(=O)O.O=C(O)CC(C(=O)[O-])S(=O)(=O)O.[CH2-]CCOCCCCCCCCCCCC.[Na+].[Na+]. The summed E-state index contributed by atoms with van der Waals surface area (Å²) >= 11 is 0. The number of hydrogen-bond acceptors (Lipinski definition) is 11. The fourth-order valence-corrected chi connectivity index (χ4v) is 6.64. The van der Waals surface area contributed by atoms with Gasteiger partial charge in [0.15, 0.2) is 0 Å². The van der Waals surface area contributed by atoms with E-state index in [4.69, 9.17) is 29.3 Å². The van der Waals surface area contributed by atoms with Gasteiger partial charge in [-0.15, -0.1) is 0 Å². The van der Waals surface area contributed by atoms with Gasteiger partial charge in [-0.2, -0.15) is 23.3 Å². The minimum Gasteiger partial charge on any atom is -0.549 e. The molecule has 0 aromatic rings. The molecule has 0 saturated carbocycles. The summed E-state index contributed by atoms with van der Waals surface area (Å²) < 4.78 is 68.6. The fourth-order valence-electron chi connectivity index (χ4n) is 5.11. The van der Waals surface area contributed by atoms with Crippen molar-refractivity contribution in [3.8, 4) is 0 Å². The maximum atomic E-state index is 11.4. The standard InChI is InChI=1S/C17H32O8S.C15H31O.C4H6O7S.2Na/c1-2-3-4-5-6-7-8-9-12-25-13-10-11-17(16(20)21,14-15(18)19)26(22,23)24;1-3-5-6-7-8-9-10-11-12-13-15-16-14-4-2;5-3(6)1-2(4(7)8)12(9,10)11;;/h2-14H2,1H3,(H,18,19)(H,20,21)(H,22,23,24);2-15H2,1H3;2H,1H2,(H,5,6)(H,7,8)(H,9,10,11);;/q;-1;;2*+1/p-1. The van der Waals surface area contributed by atoms with Gasteiger partial charge in [0.1, 0.15) is 5.25 Å². The molecule has 16 nitrogen and oxygen atoms in total. The van der Waals surface area contributed by atoms with Crippen LogP contribution in [0.25, 0.3) is 0 Å². The molecule has 0 aliphatic carbocycles. The Morgan fingerprint density at radius 3 is 1.23 bits per heavy atom. The van der Waals surface area contributed by atoms with Crippen molar-refractivity contribution in [3.63, 3.8) is 0 Å². The van der Waals surface area contributed by atoms with E-state index in [9.17, 15) is 45.7 Å². The molecule has 0 spiro atoms. The third-order valence-corrected chi connectivity index (χ3v) is 10.8. The topological polar surface area (TPSA) is 279 Å². The number of ether oxygens (including phenoxy) is 2. The van der Waals surface area contributed by atoms with Crippen LogP contribution in [0.2, 0.25) is 0 Å². The van der Waals surface area contributed by atoms with E-state index in [-0.39, 0.29) is 72.1 Å². The number of carbonyl (C=O) groups is 4. The zero-order valence-corrected chi connectivity index (χ0v) is 40.1. The van der Waals surface area contributed by atoms with Crippen LogP contribution in [0.5, 0.6) is 0 Å². The van der Waals surface area contributed by atoms with Crippen molar-refractivity contribution in [2.75, 3.05) is 26.4 Å². The Morgan fingerprint density at radius 1 is 0.607 bits per heavy atom. The first kappa shape index (κ1) is 64.8. The van der Waals surface area contributed by atoms with Gasteiger partial charge in [-0.05, 0) is 25.7 Å². The molecule has 20 heteroatoms. The molecule has 5 N–H and O–H groups in total. The second kappa shape index (κ2) is 41.4. The summed E-state index contributed by atoms with van der Waals surface area (Å²) in [6.45, 7) is 10.6. The van der Waals surface area contributed by atoms with Gasteiger partial charge in [-0.25, -0.2) is 0 Å². The monoisotopic (exact) mass is 866 g/mol. The van der Waals surface area contributed by atoms with E-state index in [1.165, 1.54) is 96.3 Å². The van der Waals surface area contributed by atoms with Crippen LogP contribution in [0.15, 0.2) is 0 Å². The molecule has 0 rings (SSSR count). The summed E-state index contributed by atoms with van der Waals surface area (Å²) in [5, 5.41) is 33.5. The summed E-state index contributed by atoms with van der Waals surface area (Å²) in [7, 11) is -9.97. The van der Waals surface area contributed by atoms with Gasteiger partial charge in [0.25, 0.3) is 20.2 Å². The molecule has 0 heterocycles. The maximum Gasteiger partial charge on any atom is 1.00 e. The number of aliphatic carboxylic acids is 4. The van der Waals surface area contributed by atoms with Crippen LogP contribution in [-0.4, -0.2) is 102 Å². The summed E-state index contributed by atoms with van der Waals surface area (Å²) in [4.78, 5) is 42.0. The summed E-state index contributed by atoms with van der Waals surface area (Å²) in [5.41, 5.74) is 0. The summed E-state index contributed by atoms with van der Waals surface area (Å²) in [6.07, 6.45) is 21.1. The Morgan fingerprint density at radius 2 is 0.964 bits per heavy atom. The van der Waals surface area contributed by atoms with Gasteiger partial charge in [0, 0.05) is 26.4 Å². The van der Waals surface area contributed by atoms with Crippen molar-refractivity contribution in [3.05, 3.63) is 6.92 Å². The van der Waals surface area contributed by atoms with Gasteiger partial charge in [0.2, 0.25) is 4.75 Å². The Hall–Kier alpha value is -0.380. The first-order chi connectivity index (χ1) is 25.3. The van der Waals surface area contributed by atoms with E-state index >= 15 is 0 Å². The van der Waals surface area contributed by atoms with Crippen molar-refractivity contribution in [1.29, 1.82) is 0 Å². The molecule has 0 amide bonds. The summed E-state index contributed by atoms with van der Waals surface area (Å²) in [5.74, 6) is -7.27. The zero-order valence-electron chi connectivity index (χ0n) is 34.4. The summed E-state index contributed by atoms with van der Waals surface area (Å²) in [6, 6.07) is 0. The van der Waals surface area contributed by atoms with Crippen LogP contribution in [0.4, 0.5) is 0 Å². The fraction of sp³-hybridized carbons (Fsp3) is 0.861. The molecule has 0 aromatic carbocycles. The number of rotatable bonds is 34. The Labute approximate surface area is 380 Å². The van der Waals surface area contributed by atoms with E-state index in [2.05, 4.69) is 20.8 Å². The molecule has 0 aliphatic rings. The maximum absolute atomic E-state index is 11.4. The van der Waals surface area contributed by atoms with Gasteiger partial charge in [-0.1, -0.05) is 117 Å². The zero-order chi connectivity index (χ0) is 41.9. The average molecular weight is 867 g/mol. The third-order valence-electron chi connectivity index (χ3n) is 8.25. The molecule has 56 heavy (non-hydrogen) atoms. The normalized spacial score (nSPS) is 12.6. The van der Waals surface area contributed by atoms with Crippen molar-refractivity contribution in [1.82, 2.24) is 0 Å². The largest absolute Gasteiger partial charge is 1.00 e. The van der Waals surface area contributed by atoms with Gasteiger partial charge >= 0.3 is 77.0 Å². The van der Waals surface area contributed by atoms with Crippen molar-refractivity contribution >= 4 is 44.1 Å². The van der Waals surface area contributed by atoms with Crippen molar-refractivity contribution < 1.29 is 134 Å². The molecule has 0 saturated heterocycles. The van der Waals surface area contributed by atoms with E-state index < -0.39 is 73.4 Å². The number of hydrogen-bond donors (Lipinski definition) is 5. The van der Waals surface area contributed by atoms with E-state index in [1.54, 1.807) is 0 Å². The molecule has 0 aliphatic heterocycles. The molecule has 0 radical (unpaired) electrons. The van der Waals surface area contributed by atoms with Crippen LogP contribution < -0.4 is 64.2 Å². The minimum absolute atomic E-state index is 0. The number of carboxylic acid groups (broad SMARTS) is 4. The number of unbranched alkanes of at least 4 members (excludes halogenated alkanes) is 16. The van der Waals surface area contributed by atoms with Crippen LogP contribution in [0, 0.1) is 6.92 Å². The molecule has 2 atom stereocenters. The molecule has 0 bridgehead atoms. The van der Waals surface area contributed by atoms with Crippen molar-refractivity contribution in [2.24, 2.45) is 0 Å². The predicted octanol–water partition coefficient (Wildman–Crippen LogP) is -0.267. The second-order valence-corrected chi connectivity index (χ2v) is 16.4. The smallest absolute Gasteiger partial charge is 0.549 e. The second-order valence-electron chi connectivity index (χ2n) is 13.1. The van der Waals surface area contributed by atoms with Gasteiger partial charge < -0.3 is 41.6 Å². The molecule has 2 unspecified atom stereocenters. The van der Waals surface area contributed by atoms with Crippen LogP contribution in [0.1, 0.15) is 162 Å². The quantitative estimate of drug-likeness (QED) is 0.0241. The third kappa shape index (κ3) is 39.1. The Kier molecular flexibility index (Phi) is 47.8. The van der Waals surface area contributed by atoms with Crippen molar-refractivity contribution in [2.45, 2.75) is 172 Å². The van der Waals surface area contributed by atoms with Crippen LogP contribution in [0.3, 0.4) is 0 Å². The van der Waals surface area contributed by atoms with Crippen LogP contribution >= 0.6 is 0 Å². The molecule has 0 aromatic heterocycles. The molecule has 0 fully saturated rings. The van der Waals surface area contributed by atoms with E-state index in [1.807, 2.05) is 0 Å². The average Bonchev–Trinajstić information content (AvgIpc) is 3.06. The van der Waals surface area contributed by atoms with E-state index in [0.29, 0.717) is 6.61 Å². The van der Waals surface area contributed by atoms with Gasteiger partial charge in [0.05, 0.1) is 18.8 Å². The molecular weight excluding hydrogens is 798 g/mol. The first-order valence-electron chi connectivity index (χ1n) is 19.1. The minimum atomic E-state index is -5.07. The number of carboxylic acids is 4. The van der Waals surface area contributed by atoms with Gasteiger partial charge in [-0.3, -0.25) is 23.5 Å². The first-order valence-corrected chi connectivity index (χ1v) is 22.0.